The van der Waals surface area contributed by atoms with Gasteiger partial charge in [0, 0.05) is 17.0 Å². The van der Waals surface area contributed by atoms with E-state index in [1.807, 2.05) is 32.0 Å². The second kappa shape index (κ2) is 8.99. The first-order valence-corrected chi connectivity index (χ1v) is 9.25. The molecule has 0 radical (unpaired) electrons. The van der Waals surface area contributed by atoms with E-state index >= 15 is 0 Å². The van der Waals surface area contributed by atoms with Gasteiger partial charge < -0.3 is 20.6 Å². The maximum atomic E-state index is 12.4. The zero-order valence-electron chi connectivity index (χ0n) is 14.7. The Kier molecular flexibility index (Phi) is 7.25. The summed E-state index contributed by atoms with van der Waals surface area (Å²) in [6, 6.07) is 6.81. The highest BCUT2D eigenvalue weighted by molar-refractivity contribution is 6.31. The number of aliphatic hydroxyl groups excluding tert-OH is 3. The monoisotopic (exact) mass is 369 g/mol. The van der Waals surface area contributed by atoms with E-state index in [2.05, 4.69) is 5.32 Å². The molecule has 1 aliphatic rings. The average Bonchev–Trinajstić information content (AvgIpc) is 2.87. The normalized spacial score (nSPS) is 23.6. The van der Waals surface area contributed by atoms with Gasteiger partial charge >= 0.3 is 0 Å². The minimum atomic E-state index is -1.11. The molecule has 6 heteroatoms. The number of benzene rings is 1. The second-order valence-corrected chi connectivity index (χ2v) is 7.75. The maximum absolute atomic E-state index is 12.4. The number of hydrogen-bond acceptors (Lipinski definition) is 4. The third-order valence-electron chi connectivity index (χ3n) is 4.83. The zero-order chi connectivity index (χ0) is 18.6. The quantitative estimate of drug-likeness (QED) is 0.591. The van der Waals surface area contributed by atoms with Gasteiger partial charge in [-0.25, -0.2) is 0 Å². The van der Waals surface area contributed by atoms with E-state index in [0.717, 1.165) is 5.56 Å². The van der Waals surface area contributed by atoms with Crippen LogP contribution in [0.15, 0.2) is 24.3 Å². The first-order valence-electron chi connectivity index (χ1n) is 8.87. The molecule has 25 heavy (non-hydrogen) atoms. The molecule has 1 aromatic carbocycles. The summed E-state index contributed by atoms with van der Waals surface area (Å²) in [5.74, 6) is -0.769. The van der Waals surface area contributed by atoms with E-state index in [1.165, 1.54) is 0 Å². The Morgan fingerprint density at radius 1 is 1.24 bits per heavy atom. The van der Waals surface area contributed by atoms with E-state index < -0.39 is 36.2 Å². The molecule has 2 rings (SSSR count). The van der Waals surface area contributed by atoms with E-state index in [1.54, 1.807) is 6.07 Å². The lowest BCUT2D eigenvalue weighted by atomic mass is 9.88. The van der Waals surface area contributed by atoms with E-state index in [0.29, 0.717) is 30.7 Å². The van der Waals surface area contributed by atoms with Crippen molar-refractivity contribution >= 4 is 17.5 Å². The van der Waals surface area contributed by atoms with Gasteiger partial charge in [-0.1, -0.05) is 43.6 Å². The summed E-state index contributed by atoms with van der Waals surface area (Å²) in [4.78, 5) is 12.4. The fourth-order valence-corrected chi connectivity index (χ4v) is 3.75. The van der Waals surface area contributed by atoms with Crippen LogP contribution >= 0.6 is 11.6 Å². The highest BCUT2D eigenvalue weighted by atomic mass is 35.5. The van der Waals surface area contributed by atoms with Gasteiger partial charge in [-0.2, -0.15) is 0 Å². The maximum Gasteiger partial charge on any atom is 0.249 e. The summed E-state index contributed by atoms with van der Waals surface area (Å²) < 4.78 is 0. The molecule has 1 fully saturated rings. The SMILES string of the molecule is CC(C)CC(O)C(=O)N[C@@H](Cc1ccccc1Cl)C1[C@@H](O)CC[C@@H]1O. The third kappa shape index (κ3) is 5.42. The highest BCUT2D eigenvalue weighted by Gasteiger charge is 2.40. The van der Waals surface area contributed by atoms with Crippen LogP contribution in [-0.2, 0) is 11.2 Å². The smallest absolute Gasteiger partial charge is 0.249 e. The second-order valence-electron chi connectivity index (χ2n) is 7.35. The zero-order valence-corrected chi connectivity index (χ0v) is 15.5. The summed E-state index contributed by atoms with van der Waals surface area (Å²) in [6.45, 7) is 3.87. The van der Waals surface area contributed by atoms with Crippen molar-refractivity contribution in [1.82, 2.24) is 5.32 Å². The summed E-state index contributed by atoms with van der Waals surface area (Å²) in [6.07, 6.45) is -0.747. The topological polar surface area (TPSA) is 89.8 Å². The van der Waals surface area contributed by atoms with E-state index in [9.17, 15) is 20.1 Å². The van der Waals surface area contributed by atoms with E-state index in [4.69, 9.17) is 11.6 Å². The van der Waals surface area contributed by atoms with Gasteiger partial charge in [0.05, 0.1) is 12.2 Å². The molecular weight excluding hydrogens is 342 g/mol. The van der Waals surface area contributed by atoms with Crippen molar-refractivity contribution in [3.8, 4) is 0 Å². The summed E-state index contributed by atoms with van der Waals surface area (Å²) in [5.41, 5.74) is 0.833. The van der Waals surface area contributed by atoms with Crippen LogP contribution in [0.4, 0.5) is 0 Å². The van der Waals surface area contributed by atoms with Crippen LogP contribution in [0.25, 0.3) is 0 Å². The largest absolute Gasteiger partial charge is 0.393 e. The Balaban J connectivity index is 2.17. The molecular formula is C19H28ClNO4. The fraction of sp³-hybridized carbons (Fsp3) is 0.632. The Morgan fingerprint density at radius 3 is 2.40 bits per heavy atom. The average molecular weight is 370 g/mol. The van der Waals surface area contributed by atoms with Crippen molar-refractivity contribution in [2.24, 2.45) is 11.8 Å². The van der Waals surface area contributed by atoms with Gasteiger partial charge in [-0.05, 0) is 43.2 Å². The van der Waals surface area contributed by atoms with Gasteiger partial charge in [-0.3, -0.25) is 4.79 Å². The number of hydrogen-bond donors (Lipinski definition) is 4. The number of amides is 1. The Bertz CT molecular complexity index is 570. The molecule has 4 N–H and O–H groups in total. The van der Waals surface area contributed by atoms with Gasteiger partial charge in [0.2, 0.25) is 5.91 Å². The highest BCUT2D eigenvalue weighted by Crippen LogP contribution is 2.31. The Labute approximate surface area is 154 Å². The molecule has 1 amide bonds. The Hall–Kier alpha value is -1.14. The van der Waals surface area contributed by atoms with Crippen LogP contribution in [0.3, 0.4) is 0 Å². The van der Waals surface area contributed by atoms with Crippen molar-refractivity contribution in [2.75, 3.05) is 0 Å². The lowest BCUT2D eigenvalue weighted by molar-refractivity contribution is -0.131. The lowest BCUT2D eigenvalue weighted by Crippen LogP contribution is -2.50. The molecule has 0 aliphatic heterocycles. The lowest BCUT2D eigenvalue weighted by Gasteiger charge is -2.30. The van der Waals surface area contributed by atoms with Crippen LogP contribution in [0.1, 0.15) is 38.7 Å². The van der Waals surface area contributed by atoms with Gasteiger partial charge in [0.1, 0.15) is 6.10 Å². The van der Waals surface area contributed by atoms with Crippen molar-refractivity contribution in [2.45, 2.75) is 63.9 Å². The molecule has 1 unspecified atom stereocenters. The van der Waals surface area contributed by atoms with Crippen molar-refractivity contribution in [3.05, 3.63) is 34.9 Å². The molecule has 140 valence electrons. The van der Waals surface area contributed by atoms with Gasteiger partial charge in [0.15, 0.2) is 0 Å². The molecule has 0 heterocycles. The molecule has 0 bridgehead atoms. The molecule has 0 saturated heterocycles. The molecule has 1 aliphatic carbocycles. The summed E-state index contributed by atoms with van der Waals surface area (Å²) in [7, 11) is 0. The van der Waals surface area contributed by atoms with Crippen molar-refractivity contribution in [1.29, 1.82) is 0 Å². The van der Waals surface area contributed by atoms with Crippen LogP contribution in [-0.4, -0.2) is 45.6 Å². The molecule has 4 atom stereocenters. The number of nitrogens with one attached hydrogen (secondary N) is 1. The van der Waals surface area contributed by atoms with Crippen molar-refractivity contribution < 1.29 is 20.1 Å². The van der Waals surface area contributed by atoms with Crippen LogP contribution < -0.4 is 5.32 Å². The summed E-state index contributed by atoms with van der Waals surface area (Å²) in [5, 5.41) is 34.0. The summed E-state index contributed by atoms with van der Waals surface area (Å²) >= 11 is 6.23. The molecule has 0 aromatic heterocycles. The van der Waals surface area contributed by atoms with E-state index in [-0.39, 0.29) is 5.92 Å². The molecule has 1 aromatic rings. The minimum absolute atomic E-state index is 0.186. The fourth-order valence-electron chi connectivity index (χ4n) is 3.54. The molecule has 0 spiro atoms. The molecule has 1 saturated carbocycles. The van der Waals surface area contributed by atoms with Crippen molar-refractivity contribution in [3.63, 3.8) is 0 Å². The predicted molar refractivity (Wildman–Crippen MR) is 97.3 cm³/mol. The number of halogens is 1. The van der Waals surface area contributed by atoms with Crippen LogP contribution in [0.2, 0.25) is 5.02 Å². The third-order valence-corrected chi connectivity index (χ3v) is 5.20. The minimum Gasteiger partial charge on any atom is -0.393 e. The number of carbonyl (C=O) groups is 1. The molecule has 5 nitrogen and oxygen atoms in total. The van der Waals surface area contributed by atoms with Crippen LogP contribution in [0.5, 0.6) is 0 Å². The predicted octanol–water partition coefficient (Wildman–Crippen LogP) is 1.91. The number of aliphatic hydroxyl groups is 3. The number of carbonyl (C=O) groups excluding carboxylic acids is 1. The Morgan fingerprint density at radius 2 is 1.84 bits per heavy atom. The number of rotatable bonds is 7. The standard InChI is InChI=1S/C19H28ClNO4/c1-11(2)9-17(24)19(25)21-14(18-15(22)7-8-16(18)23)10-12-5-3-4-6-13(12)20/h3-6,11,14-18,22-24H,7-10H2,1-2H3,(H,21,25)/t14-,15-,16-,17?/m0/s1. The van der Waals surface area contributed by atoms with Gasteiger partial charge in [-0.15, -0.1) is 0 Å². The first-order chi connectivity index (χ1) is 11.8. The first kappa shape index (κ1) is 20.2. The van der Waals surface area contributed by atoms with Crippen LogP contribution in [0, 0.1) is 11.8 Å². The van der Waals surface area contributed by atoms with Gasteiger partial charge in [0.25, 0.3) is 0 Å².